The van der Waals surface area contributed by atoms with Crippen molar-refractivity contribution >= 4 is 17.7 Å². The molecule has 0 aliphatic carbocycles. The smallest absolute Gasteiger partial charge is 0.251 e. The van der Waals surface area contributed by atoms with Gasteiger partial charge in [0.05, 0.1) is 19.8 Å². The monoisotopic (exact) mass is 271 g/mol. The molecule has 1 amide bonds. The number of hydrogen-bond acceptors (Lipinski definition) is 5. The highest BCUT2D eigenvalue weighted by molar-refractivity contribution is 7.98. The summed E-state index contributed by atoms with van der Waals surface area (Å²) in [4.78, 5) is 12.9. The van der Waals surface area contributed by atoms with Crippen LogP contribution in [0.4, 0.5) is 0 Å². The number of carbonyl (C=O) groups excluding carboxylic acids is 1. The molecule has 1 aromatic rings. The van der Waals surface area contributed by atoms with E-state index in [1.807, 2.05) is 6.26 Å². The first kappa shape index (κ1) is 15.0. The van der Waals surface area contributed by atoms with E-state index in [1.165, 1.54) is 0 Å². The van der Waals surface area contributed by atoms with Crippen LogP contribution in [0, 0.1) is 0 Å². The molecule has 0 aromatic heterocycles. The molecule has 0 spiro atoms. The van der Waals surface area contributed by atoms with Crippen LogP contribution in [-0.4, -0.2) is 52.8 Å². The summed E-state index contributed by atoms with van der Waals surface area (Å²) < 4.78 is 0. The molecule has 4 N–H and O–H groups in total. The Morgan fingerprint density at radius 3 is 2.06 bits per heavy atom. The van der Waals surface area contributed by atoms with Crippen LogP contribution in [0.25, 0.3) is 0 Å². The average Bonchev–Trinajstić information content (AvgIpc) is 2.45. The third-order valence-electron chi connectivity index (χ3n) is 2.64. The largest absolute Gasteiger partial charge is 0.394 e. The van der Waals surface area contributed by atoms with Crippen LogP contribution in [0.15, 0.2) is 29.2 Å². The fourth-order valence-electron chi connectivity index (χ4n) is 1.32. The number of nitrogens with one attached hydrogen (secondary N) is 1. The summed E-state index contributed by atoms with van der Waals surface area (Å²) in [6.07, 6.45) is 1.93. The van der Waals surface area contributed by atoms with E-state index in [-0.39, 0.29) is 0 Å². The third-order valence-corrected chi connectivity index (χ3v) is 3.38. The number of hydrogen-bond donors (Lipinski definition) is 4. The van der Waals surface area contributed by atoms with Crippen LogP contribution >= 0.6 is 11.8 Å². The lowest BCUT2D eigenvalue weighted by Crippen LogP contribution is -2.57. The van der Waals surface area contributed by atoms with Crippen molar-refractivity contribution in [1.29, 1.82) is 0 Å². The Morgan fingerprint density at radius 1 is 1.17 bits per heavy atom. The SMILES string of the molecule is CSc1ccc(C(=O)NC(CO)(CO)CO)cc1. The van der Waals surface area contributed by atoms with E-state index in [1.54, 1.807) is 36.0 Å². The first-order valence-corrected chi connectivity index (χ1v) is 6.62. The summed E-state index contributed by atoms with van der Waals surface area (Å²) in [6, 6.07) is 6.91. The lowest BCUT2D eigenvalue weighted by atomic mass is 10.0. The first-order valence-electron chi connectivity index (χ1n) is 5.40. The van der Waals surface area contributed by atoms with Gasteiger partial charge in [-0.3, -0.25) is 4.79 Å². The van der Waals surface area contributed by atoms with E-state index < -0.39 is 31.3 Å². The van der Waals surface area contributed by atoms with E-state index in [9.17, 15) is 4.79 Å². The molecule has 18 heavy (non-hydrogen) atoms. The summed E-state index contributed by atoms with van der Waals surface area (Å²) in [7, 11) is 0. The number of rotatable bonds is 6. The van der Waals surface area contributed by atoms with Crippen molar-refractivity contribution in [2.45, 2.75) is 10.4 Å². The van der Waals surface area contributed by atoms with Gasteiger partial charge in [0.2, 0.25) is 0 Å². The molecule has 0 aliphatic rings. The Bertz CT molecular complexity index is 381. The minimum atomic E-state index is -1.39. The summed E-state index contributed by atoms with van der Waals surface area (Å²) in [6.45, 7) is -1.60. The normalized spacial score (nSPS) is 11.3. The molecule has 0 aliphatic heterocycles. The molecule has 0 fully saturated rings. The molecule has 0 saturated carbocycles. The Balaban J connectivity index is 2.80. The molecule has 100 valence electrons. The molecule has 6 heteroatoms. The highest BCUT2D eigenvalue weighted by Gasteiger charge is 2.30. The van der Waals surface area contributed by atoms with Gasteiger partial charge in [0.15, 0.2) is 0 Å². The van der Waals surface area contributed by atoms with Crippen LogP contribution in [0.2, 0.25) is 0 Å². The van der Waals surface area contributed by atoms with Crippen molar-refractivity contribution in [1.82, 2.24) is 5.32 Å². The Kier molecular flexibility index (Phi) is 5.61. The number of carbonyl (C=O) groups is 1. The number of benzene rings is 1. The number of aliphatic hydroxyl groups excluding tert-OH is 3. The maximum Gasteiger partial charge on any atom is 0.251 e. The van der Waals surface area contributed by atoms with Gasteiger partial charge in [0.25, 0.3) is 5.91 Å². The minimum absolute atomic E-state index is 0.410. The van der Waals surface area contributed by atoms with Gasteiger partial charge in [-0.05, 0) is 30.5 Å². The lowest BCUT2D eigenvalue weighted by Gasteiger charge is -2.28. The van der Waals surface area contributed by atoms with Crippen molar-refractivity contribution in [2.75, 3.05) is 26.1 Å². The zero-order valence-corrected chi connectivity index (χ0v) is 10.9. The van der Waals surface area contributed by atoms with Crippen molar-refractivity contribution in [3.8, 4) is 0 Å². The van der Waals surface area contributed by atoms with E-state index in [0.717, 1.165) is 4.90 Å². The van der Waals surface area contributed by atoms with Crippen molar-refractivity contribution in [3.05, 3.63) is 29.8 Å². The second-order valence-corrected chi connectivity index (χ2v) is 4.82. The van der Waals surface area contributed by atoms with Crippen LogP contribution in [0.1, 0.15) is 10.4 Å². The molecular formula is C12H17NO4S. The van der Waals surface area contributed by atoms with Crippen molar-refractivity contribution < 1.29 is 20.1 Å². The zero-order chi connectivity index (χ0) is 13.6. The van der Waals surface area contributed by atoms with Gasteiger partial charge in [-0.1, -0.05) is 0 Å². The van der Waals surface area contributed by atoms with Crippen LogP contribution < -0.4 is 5.32 Å². The number of thioether (sulfide) groups is 1. The fourth-order valence-corrected chi connectivity index (χ4v) is 1.73. The van der Waals surface area contributed by atoms with E-state index in [2.05, 4.69) is 5.32 Å². The Hall–Kier alpha value is -1.08. The van der Waals surface area contributed by atoms with Gasteiger partial charge in [0.1, 0.15) is 5.54 Å². The molecule has 1 aromatic carbocycles. The topological polar surface area (TPSA) is 89.8 Å². The summed E-state index contributed by atoms with van der Waals surface area (Å²) in [5.41, 5.74) is -0.984. The van der Waals surface area contributed by atoms with E-state index in [4.69, 9.17) is 15.3 Å². The molecule has 0 radical (unpaired) electrons. The standard InChI is InChI=1S/C12H17NO4S/c1-18-10-4-2-9(3-5-10)11(17)13-12(6-14,7-15)8-16/h2-5,14-16H,6-8H2,1H3,(H,13,17). The second-order valence-electron chi connectivity index (χ2n) is 3.94. The molecule has 0 unspecified atom stereocenters. The van der Waals surface area contributed by atoms with Crippen LogP contribution in [0.5, 0.6) is 0 Å². The predicted octanol–water partition coefficient (Wildman–Crippen LogP) is -0.146. The highest BCUT2D eigenvalue weighted by atomic mass is 32.2. The molecule has 1 rings (SSSR count). The fraction of sp³-hybridized carbons (Fsp3) is 0.417. The molecule has 0 atom stereocenters. The first-order chi connectivity index (χ1) is 8.60. The second kappa shape index (κ2) is 6.75. The third kappa shape index (κ3) is 3.46. The molecular weight excluding hydrogens is 254 g/mol. The lowest BCUT2D eigenvalue weighted by molar-refractivity contribution is 0.0375. The maximum atomic E-state index is 11.9. The Labute approximate surface area is 110 Å². The minimum Gasteiger partial charge on any atom is -0.394 e. The summed E-state index contributed by atoms with van der Waals surface area (Å²) in [5, 5.41) is 29.8. The van der Waals surface area contributed by atoms with Crippen molar-refractivity contribution in [2.24, 2.45) is 0 Å². The van der Waals surface area contributed by atoms with Gasteiger partial charge in [0, 0.05) is 10.5 Å². The average molecular weight is 271 g/mol. The van der Waals surface area contributed by atoms with Gasteiger partial charge in [-0.2, -0.15) is 0 Å². The van der Waals surface area contributed by atoms with E-state index in [0.29, 0.717) is 5.56 Å². The predicted molar refractivity (Wildman–Crippen MR) is 69.7 cm³/mol. The number of aliphatic hydroxyl groups is 3. The van der Waals surface area contributed by atoms with Crippen molar-refractivity contribution in [3.63, 3.8) is 0 Å². The molecule has 5 nitrogen and oxygen atoms in total. The van der Waals surface area contributed by atoms with Crippen LogP contribution in [0.3, 0.4) is 0 Å². The Morgan fingerprint density at radius 2 is 1.67 bits per heavy atom. The van der Waals surface area contributed by atoms with Crippen LogP contribution in [-0.2, 0) is 0 Å². The summed E-state index contributed by atoms with van der Waals surface area (Å²) >= 11 is 1.56. The van der Waals surface area contributed by atoms with Gasteiger partial charge in [-0.15, -0.1) is 11.8 Å². The van der Waals surface area contributed by atoms with Gasteiger partial charge < -0.3 is 20.6 Å². The maximum absolute atomic E-state index is 11.9. The quantitative estimate of drug-likeness (QED) is 0.541. The highest BCUT2D eigenvalue weighted by Crippen LogP contribution is 2.15. The molecule has 0 bridgehead atoms. The van der Waals surface area contributed by atoms with Gasteiger partial charge >= 0.3 is 0 Å². The van der Waals surface area contributed by atoms with E-state index >= 15 is 0 Å². The number of amides is 1. The van der Waals surface area contributed by atoms with Gasteiger partial charge in [-0.25, -0.2) is 0 Å². The summed E-state index contributed by atoms with van der Waals surface area (Å²) in [5.74, 6) is -0.445. The zero-order valence-electron chi connectivity index (χ0n) is 10.1. The molecule has 0 heterocycles. The molecule has 0 saturated heterocycles.